The molecule has 0 aliphatic carbocycles. The molecular formula is C78H103F6N9O12. The monoisotopic (exact) mass is 1470 g/mol. The zero-order valence-corrected chi connectivity index (χ0v) is 61.8. The fourth-order valence-corrected chi connectivity index (χ4v) is 17.3. The molecule has 9 aliphatic heterocycles. The van der Waals surface area contributed by atoms with Crippen LogP contribution in [0.3, 0.4) is 0 Å². The highest BCUT2D eigenvalue weighted by Gasteiger charge is 2.51. The summed E-state index contributed by atoms with van der Waals surface area (Å²) in [6.07, 6.45) is 5.63. The summed E-state index contributed by atoms with van der Waals surface area (Å²) >= 11 is 0. The van der Waals surface area contributed by atoms with Crippen LogP contribution in [-0.2, 0) is 44.7 Å². The molecule has 0 N–H and O–H groups in total. The van der Waals surface area contributed by atoms with Gasteiger partial charge < -0.3 is 67.6 Å². The van der Waals surface area contributed by atoms with Crippen LogP contribution in [0.1, 0.15) is 152 Å². The van der Waals surface area contributed by atoms with Crippen molar-refractivity contribution in [2.45, 2.75) is 166 Å². The van der Waals surface area contributed by atoms with Gasteiger partial charge in [-0.15, -0.1) is 13.2 Å². The van der Waals surface area contributed by atoms with Crippen LogP contribution in [0.15, 0.2) is 78.9 Å². The zero-order chi connectivity index (χ0) is 75.0. The Morgan fingerprint density at radius 3 is 1.24 bits per heavy atom. The Morgan fingerprint density at radius 2 is 0.838 bits per heavy atom. The van der Waals surface area contributed by atoms with Gasteiger partial charge >= 0.3 is 30.7 Å². The standard InChI is InChI=1S/C28H31F4N3O4.C26H38FN3O4.C24H34FN3O4/c1-2-38-26(37)34-13-9-21(10-14-34)33-15-11-27(12-16-33)18-35(24-8-5-20(29)17-23(24)27)25(36)19-3-6-22(7-4-19)39-28(30,31)32;1-5-33-23(31)29-12-8-20(9-13-29)28-14-10-26(11-15-28)17-30(24(32)34-18-25(2,3)4)22-7-6-19(27)16-21(22)26;1-18(29)28-17-24(21-16-19(25)5-6-22(21)28)8-12-26(13-9-24)20-4-3-10-27(11-7-20)23(30)32-15-14-31-2/h3-8,17,21H,2,9-16,18H2,1H3;6-7,16,20H,5,8-15,17-18H2,1-4H3;5-6,16,20H,3-4,7-15,17H2,1-2H3. The number of likely N-dealkylation sites (tertiary alicyclic amines) is 6. The van der Waals surface area contributed by atoms with E-state index >= 15 is 0 Å². The summed E-state index contributed by atoms with van der Waals surface area (Å²) in [5.41, 5.74) is 4.26. The highest BCUT2D eigenvalue weighted by Crippen LogP contribution is 2.51. The molecule has 4 aromatic carbocycles. The lowest BCUT2D eigenvalue weighted by Crippen LogP contribution is -2.52. The fraction of sp³-hybridized carbons (Fsp3) is 0.615. The molecule has 9 aliphatic rings. The number of ether oxygens (including phenoxy) is 6. The number of fused-ring (bicyclic) bond motifs is 6. The first-order valence-electron chi connectivity index (χ1n) is 37.4. The number of methoxy groups -OCH3 is 1. The van der Waals surface area contributed by atoms with Gasteiger partial charge in [0.1, 0.15) is 29.8 Å². The van der Waals surface area contributed by atoms with Gasteiger partial charge in [0.15, 0.2) is 0 Å². The van der Waals surface area contributed by atoms with Crippen molar-refractivity contribution in [2.75, 3.05) is 153 Å². The van der Waals surface area contributed by atoms with Crippen molar-refractivity contribution in [3.05, 3.63) is 119 Å². The molecule has 6 saturated heterocycles. The van der Waals surface area contributed by atoms with Gasteiger partial charge in [0, 0.05) is 124 Å². The average Bonchev–Trinajstić information content (AvgIpc) is 1.62. The van der Waals surface area contributed by atoms with E-state index in [1.807, 2.05) is 37.5 Å². The third-order valence-corrected chi connectivity index (χ3v) is 22.9. The third-order valence-electron chi connectivity index (χ3n) is 22.9. The molecule has 3 spiro atoms. The number of piperidine rings is 5. The molecule has 21 nitrogen and oxygen atoms in total. The lowest BCUT2D eigenvalue weighted by molar-refractivity contribution is -0.274. The van der Waals surface area contributed by atoms with Crippen LogP contribution in [0.25, 0.3) is 0 Å². The van der Waals surface area contributed by atoms with E-state index in [-0.39, 0.29) is 82.1 Å². The summed E-state index contributed by atoms with van der Waals surface area (Å²) in [6, 6.07) is 20.1. The number of amides is 6. The molecule has 27 heteroatoms. The van der Waals surface area contributed by atoms with Crippen LogP contribution in [-0.4, -0.2) is 228 Å². The number of hydrogen-bond donors (Lipinski definition) is 0. The molecule has 6 amide bonds. The molecule has 6 fully saturated rings. The zero-order valence-electron chi connectivity index (χ0n) is 61.8. The van der Waals surface area contributed by atoms with E-state index < -0.39 is 17.5 Å². The first-order chi connectivity index (χ1) is 50.1. The normalized spacial score (nSPS) is 21.2. The van der Waals surface area contributed by atoms with Gasteiger partial charge in [-0.05, 0) is 238 Å². The van der Waals surface area contributed by atoms with Gasteiger partial charge in [0.05, 0.1) is 32.1 Å². The Balaban J connectivity index is 0.000000158. The Kier molecular flexibility index (Phi) is 24.9. The van der Waals surface area contributed by atoms with Crippen molar-refractivity contribution in [1.29, 1.82) is 0 Å². The molecule has 9 heterocycles. The number of carbonyl (C=O) groups is 6. The average molecular weight is 1470 g/mol. The molecule has 0 bridgehead atoms. The first kappa shape index (κ1) is 78.2. The predicted octanol–water partition coefficient (Wildman–Crippen LogP) is 13.3. The lowest BCUT2D eigenvalue weighted by atomic mass is 9.74. The first-order valence-corrected chi connectivity index (χ1v) is 37.4. The second kappa shape index (κ2) is 33.5. The van der Waals surface area contributed by atoms with Crippen molar-refractivity contribution in [3.8, 4) is 5.75 Å². The number of benzene rings is 4. The Hall–Kier alpha value is -7.88. The highest BCUT2D eigenvalue weighted by molar-refractivity contribution is 6.08. The van der Waals surface area contributed by atoms with Crippen LogP contribution < -0.4 is 19.4 Å². The smallest absolute Gasteiger partial charge is 0.450 e. The van der Waals surface area contributed by atoms with E-state index in [0.717, 1.165) is 169 Å². The predicted molar refractivity (Wildman–Crippen MR) is 383 cm³/mol. The Labute approximate surface area is 612 Å². The van der Waals surface area contributed by atoms with E-state index in [1.54, 1.807) is 70.9 Å². The number of alkyl halides is 3. The second-order valence-corrected chi connectivity index (χ2v) is 30.7. The third kappa shape index (κ3) is 18.4. The minimum Gasteiger partial charge on any atom is -0.450 e. The summed E-state index contributed by atoms with van der Waals surface area (Å²) in [5.74, 6) is -1.62. The van der Waals surface area contributed by atoms with E-state index in [9.17, 15) is 55.1 Å². The molecule has 0 saturated carbocycles. The number of anilines is 3. The summed E-state index contributed by atoms with van der Waals surface area (Å²) in [4.78, 5) is 92.9. The Morgan fingerprint density at radius 1 is 0.457 bits per heavy atom. The SMILES string of the molecule is CCOC(=O)N1CCC(N2CCC3(CC2)CN(C(=O)OCC(C)(C)C)c2ccc(F)cc23)CC1.CCOC(=O)N1CCC(N2CCC3(CC2)CN(C(=O)c2ccc(OC(F)(F)F)cc2)c2ccc(F)cc23)CC1.COCCOC(=O)N1CCCC(N2CCC3(CC2)CN(C(C)=O)c2ccc(F)cc23)CC1. The van der Waals surface area contributed by atoms with Gasteiger partial charge in [-0.1, -0.05) is 20.8 Å². The van der Waals surface area contributed by atoms with Crippen molar-refractivity contribution >= 4 is 53.2 Å². The minimum absolute atomic E-state index is 0.0124. The molecule has 13 rings (SSSR count). The number of nitrogens with zero attached hydrogens (tertiary/aromatic N) is 9. The van der Waals surface area contributed by atoms with Gasteiger partial charge in [0.2, 0.25) is 5.91 Å². The maximum atomic E-state index is 14.4. The second-order valence-electron chi connectivity index (χ2n) is 30.7. The number of halogens is 6. The molecule has 574 valence electrons. The molecule has 105 heavy (non-hydrogen) atoms. The van der Waals surface area contributed by atoms with Gasteiger partial charge in [-0.3, -0.25) is 14.5 Å². The molecule has 0 aromatic heterocycles. The quantitative estimate of drug-likeness (QED) is 0.0783. The maximum absolute atomic E-state index is 14.4. The summed E-state index contributed by atoms with van der Waals surface area (Å²) in [5, 5.41) is 0. The van der Waals surface area contributed by atoms with Crippen LogP contribution in [0.4, 0.5) is 62.6 Å². The van der Waals surface area contributed by atoms with Crippen LogP contribution in [0.5, 0.6) is 5.75 Å². The van der Waals surface area contributed by atoms with Crippen molar-refractivity contribution in [1.82, 2.24) is 29.4 Å². The van der Waals surface area contributed by atoms with E-state index in [4.69, 9.17) is 23.7 Å². The van der Waals surface area contributed by atoms with Gasteiger partial charge in [-0.2, -0.15) is 0 Å². The number of hydrogen-bond acceptors (Lipinski definition) is 15. The van der Waals surface area contributed by atoms with Gasteiger partial charge in [0.25, 0.3) is 5.91 Å². The van der Waals surface area contributed by atoms with Crippen molar-refractivity contribution in [2.24, 2.45) is 5.41 Å². The minimum atomic E-state index is -4.82. The molecular weight excluding hydrogens is 1370 g/mol. The molecule has 4 aromatic rings. The highest BCUT2D eigenvalue weighted by atomic mass is 19.4. The van der Waals surface area contributed by atoms with Crippen molar-refractivity contribution in [3.63, 3.8) is 0 Å². The number of rotatable bonds is 11. The number of carbonyl (C=O) groups excluding carboxylic acids is 6. The lowest BCUT2D eigenvalue weighted by Gasteiger charge is -2.45. The molecule has 1 unspecified atom stereocenters. The van der Waals surface area contributed by atoms with E-state index in [2.05, 4.69) is 19.4 Å². The fourth-order valence-electron chi connectivity index (χ4n) is 17.3. The maximum Gasteiger partial charge on any atom is 0.573 e. The summed E-state index contributed by atoms with van der Waals surface area (Å²) < 4.78 is 110. The largest absolute Gasteiger partial charge is 0.573 e. The topological polar surface area (TPSA) is 187 Å². The van der Waals surface area contributed by atoms with E-state index in [0.29, 0.717) is 103 Å². The Bertz CT molecular complexity index is 3690. The van der Waals surface area contributed by atoms with Crippen LogP contribution in [0.2, 0.25) is 0 Å². The summed E-state index contributed by atoms with van der Waals surface area (Å²) in [6.45, 7) is 24.0. The summed E-state index contributed by atoms with van der Waals surface area (Å²) in [7, 11) is 1.59. The van der Waals surface area contributed by atoms with Crippen LogP contribution in [0, 0.1) is 22.9 Å². The van der Waals surface area contributed by atoms with Gasteiger partial charge in [-0.25, -0.2) is 32.3 Å². The molecule has 0 radical (unpaired) electrons. The van der Waals surface area contributed by atoms with E-state index in [1.165, 1.54) is 36.4 Å². The van der Waals surface area contributed by atoms with Crippen LogP contribution >= 0.6 is 0 Å². The molecule has 1 atom stereocenters. The van der Waals surface area contributed by atoms with Crippen molar-refractivity contribution < 1.29 is 83.5 Å².